The van der Waals surface area contributed by atoms with Crippen molar-refractivity contribution < 1.29 is 14.3 Å². The first kappa shape index (κ1) is 18.8. The second-order valence-electron chi connectivity index (χ2n) is 5.94. The fraction of sp³-hybridized carbons (Fsp3) is 0.350. The third-order valence-corrected chi connectivity index (χ3v) is 3.98. The molecule has 5 nitrogen and oxygen atoms in total. The number of likely N-dealkylation sites (N-methyl/N-ethyl adjacent to an activating group) is 1. The molecule has 0 heterocycles. The molecule has 25 heavy (non-hydrogen) atoms. The van der Waals surface area contributed by atoms with Gasteiger partial charge in [0.15, 0.2) is 11.5 Å². The Morgan fingerprint density at radius 1 is 1.00 bits per heavy atom. The standard InChI is InChI=1S/C20H26N2O3/c1-22(15-20(23)21-14-17-7-5-4-6-8-17)12-11-16-9-10-18(24-2)19(13-16)25-3/h4-10,13H,11-12,14-15H2,1-3H3,(H,21,23). The van der Waals surface area contributed by atoms with Crippen LogP contribution in [0, 0.1) is 0 Å². The lowest BCUT2D eigenvalue weighted by Gasteiger charge is -2.17. The Balaban J connectivity index is 1.76. The maximum absolute atomic E-state index is 12.0. The third-order valence-electron chi connectivity index (χ3n) is 3.98. The number of ether oxygens (including phenoxy) is 2. The average molecular weight is 342 g/mol. The first-order chi connectivity index (χ1) is 12.1. The monoisotopic (exact) mass is 342 g/mol. The van der Waals surface area contributed by atoms with Crippen LogP contribution in [0.15, 0.2) is 48.5 Å². The molecular weight excluding hydrogens is 316 g/mol. The summed E-state index contributed by atoms with van der Waals surface area (Å²) in [6, 6.07) is 15.8. The van der Waals surface area contributed by atoms with E-state index >= 15 is 0 Å². The van der Waals surface area contributed by atoms with Crippen molar-refractivity contribution in [2.45, 2.75) is 13.0 Å². The number of carbonyl (C=O) groups excluding carboxylic acids is 1. The summed E-state index contributed by atoms with van der Waals surface area (Å²) in [5.41, 5.74) is 2.25. The number of methoxy groups -OCH3 is 2. The van der Waals surface area contributed by atoms with Crippen molar-refractivity contribution in [1.29, 1.82) is 0 Å². The quantitative estimate of drug-likeness (QED) is 0.761. The predicted molar refractivity (Wildman–Crippen MR) is 99.0 cm³/mol. The molecule has 134 valence electrons. The Morgan fingerprint density at radius 3 is 2.40 bits per heavy atom. The number of carbonyl (C=O) groups is 1. The molecule has 0 fully saturated rings. The Morgan fingerprint density at radius 2 is 1.72 bits per heavy atom. The number of rotatable bonds is 9. The highest BCUT2D eigenvalue weighted by atomic mass is 16.5. The number of hydrogen-bond donors (Lipinski definition) is 1. The minimum Gasteiger partial charge on any atom is -0.493 e. The summed E-state index contributed by atoms with van der Waals surface area (Å²) in [7, 11) is 5.20. The number of benzene rings is 2. The van der Waals surface area contributed by atoms with Gasteiger partial charge in [0.1, 0.15) is 0 Å². The van der Waals surface area contributed by atoms with Gasteiger partial charge in [0.25, 0.3) is 0 Å². The molecule has 0 unspecified atom stereocenters. The smallest absolute Gasteiger partial charge is 0.234 e. The van der Waals surface area contributed by atoms with Crippen LogP contribution in [0.3, 0.4) is 0 Å². The minimum absolute atomic E-state index is 0.0265. The molecule has 1 N–H and O–H groups in total. The Kier molecular flexibility index (Phi) is 7.29. The van der Waals surface area contributed by atoms with E-state index in [0.717, 1.165) is 35.6 Å². The Bertz CT molecular complexity index is 674. The van der Waals surface area contributed by atoms with E-state index in [1.54, 1.807) is 14.2 Å². The molecule has 0 aliphatic heterocycles. The van der Waals surface area contributed by atoms with Crippen molar-refractivity contribution in [3.63, 3.8) is 0 Å². The molecule has 2 rings (SSSR count). The van der Waals surface area contributed by atoms with Gasteiger partial charge in [-0.3, -0.25) is 9.69 Å². The zero-order valence-electron chi connectivity index (χ0n) is 15.1. The molecule has 0 aliphatic carbocycles. The van der Waals surface area contributed by atoms with Crippen LogP contribution in [-0.4, -0.2) is 45.2 Å². The zero-order chi connectivity index (χ0) is 18.1. The third kappa shape index (κ3) is 6.12. The van der Waals surface area contributed by atoms with Gasteiger partial charge in [0.2, 0.25) is 5.91 Å². The largest absolute Gasteiger partial charge is 0.493 e. The number of amides is 1. The van der Waals surface area contributed by atoms with E-state index in [-0.39, 0.29) is 5.91 Å². The van der Waals surface area contributed by atoms with Gasteiger partial charge >= 0.3 is 0 Å². The number of nitrogens with one attached hydrogen (secondary N) is 1. The van der Waals surface area contributed by atoms with Gasteiger partial charge in [0.05, 0.1) is 20.8 Å². The summed E-state index contributed by atoms with van der Waals surface area (Å²) >= 11 is 0. The van der Waals surface area contributed by atoms with Crippen molar-refractivity contribution in [3.8, 4) is 11.5 Å². The summed E-state index contributed by atoms with van der Waals surface area (Å²) in [4.78, 5) is 14.0. The van der Waals surface area contributed by atoms with E-state index in [1.165, 1.54) is 0 Å². The molecule has 2 aromatic rings. The first-order valence-corrected chi connectivity index (χ1v) is 8.32. The molecule has 0 radical (unpaired) electrons. The van der Waals surface area contributed by atoms with Crippen molar-refractivity contribution in [2.75, 3.05) is 34.4 Å². The second kappa shape index (κ2) is 9.69. The molecule has 0 saturated heterocycles. The summed E-state index contributed by atoms with van der Waals surface area (Å²) in [5, 5.41) is 2.94. The molecule has 0 saturated carbocycles. The maximum atomic E-state index is 12.0. The van der Waals surface area contributed by atoms with Crippen LogP contribution in [0.2, 0.25) is 0 Å². The van der Waals surface area contributed by atoms with Crippen molar-refractivity contribution >= 4 is 5.91 Å². The van der Waals surface area contributed by atoms with Crippen LogP contribution in [0.4, 0.5) is 0 Å². The SMILES string of the molecule is COc1ccc(CCN(C)CC(=O)NCc2ccccc2)cc1OC. The molecule has 0 aliphatic rings. The van der Waals surface area contributed by atoms with E-state index in [4.69, 9.17) is 9.47 Å². The normalized spacial score (nSPS) is 10.6. The molecule has 5 heteroatoms. The van der Waals surface area contributed by atoms with E-state index in [9.17, 15) is 4.79 Å². The van der Waals surface area contributed by atoms with E-state index in [2.05, 4.69) is 5.32 Å². The summed E-state index contributed by atoms with van der Waals surface area (Å²) in [5.74, 6) is 1.47. The fourth-order valence-electron chi connectivity index (χ4n) is 2.53. The van der Waals surface area contributed by atoms with Crippen LogP contribution in [0.1, 0.15) is 11.1 Å². The van der Waals surface area contributed by atoms with E-state index in [1.807, 2.05) is 60.5 Å². The lowest BCUT2D eigenvalue weighted by molar-refractivity contribution is -0.122. The van der Waals surface area contributed by atoms with Crippen molar-refractivity contribution in [2.24, 2.45) is 0 Å². The van der Waals surface area contributed by atoms with Gasteiger partial charge in [0, 0.05) is 13.1 Å². The lowest BCUT2D eigenvalue weighted by Crippen LogP contribution is -2.35. The topological polar surface area (TPSA) is 50.8 Å². The lowest BCUT2D eigenvalue weighted by atomic mass is 10.1. The maximum Gasteiger partial charge on any atom is 0.234 e. The van der Waals surface area contributed by atoms with Gasteiger partial charge < -0.3 is 14.8 Å². The van der Waals surface area contributed by atoms with Gasteiger partial charge in [-0.05, 0) is 36.7 Å². The van der Waals surface area contributed by atoms with Gasteiger partial charge in [-0.1, -0.05) is 36.4 Å². The predicted octanol–water partition coefficient (Wildman–Crippen LogP) is 2.49. The number of nitrogens with zero attached hydrogens (tertiary/aromatic N) is 1. The summed E-state index contributed by atoms with van der Waals surface area (Å²) < 4.78 is 10.6. The van der Waals surface area contributed by atoms with E-state index < -0.39 is 0 Å². The van der Waals surface area contributed by atoms with Crippen LogP contribution in [-0.2, 0) is 17.8 Å². The molecule has 2 aromatic carbocycles. The second-order valence-corrected chi connectivity index (χ2v) is 5.94. The average Bonchev–Trinajstić information content (AvgIpc) is 2.65. The molecule has 1 amide bonds. The van der Waals surface area contributed by atoms with Gasteiger partial charge in [-0.15, -0.1) is 0 Å². The van der Waals surface area contributed by atoms with Crippen LogP contribution in [0.25, 0.3) is 0 Å². The molecule has 0 aromatic heterocycles. The summed E-state index contributed by atoms with van der Waals surface area (Å²) in [6.07, 6.45) is 0.836. The highest BCUT2D eigenvalue weighted by Gasteiger charge is 2.08. The number of hydrogen-bond acceptors (Lipinski definition) is 4. The molecule has 0 spiro atoms. The summed E-state index contributed by atoms with van der Waals surface area (Å²) in [6.45, 7) is 1.72. The molecule has 0 bridgehead atoms. The van der Waals surface area contributed by atoms with E-state index in [0.29, 0.717) is 13.1 Å². The van der Waals surface area contributed by atoms with Crippen LogP contribution >= 0.6 is 0 Å². The zero-order valence-corrected chi connectivity index (χ0v) is 15.1. The minimum atomic E-state index is 0.0265. The Labute approximate surface area is 149 Å². The Hall–Kier alpha value is -2.53. The van der Waals surface area contributed by atoms with Crippen molar-refractivity contribution in [1.82, 2.24) is 10.2 Å². The van der Waals surface area contributed by atoms with Gasteiger partial charge in [-0.25, -0.2) is 0 Å². The van der Waals surface area contributed by atoms with Crippen LogP contribution < -0.4 is 14.8 Å². The molecular formula is C20H26N2O3. The fourth-order valence-corrected chi connectivity index (χ4v) is 2.53. The van der Waals surface area contributed by atoms with Gasteiger partial charge in [-0.2, -0.15) is 0 Å². The van der Waals surface area contributed by atoms with Crippen LogP contribution in [0.5, 0.6) is 11.5 Å². The first-order valence-electron chi connectivity index (χ1n) is 8.32. The molecule has 0 atom stereocenters. The van der Waals surface area contributed by atoms with Crippen molar-refractivity contribution in [3.05, 3.63) is 59.7 Å². The highest BCUT2D eigenvalue weighted by molar-refractivity contribution is 5.77. The highest BCUT2D eigenvalue weighted by Crippen LogP contribution is 2.27.